The molecular weight excluding hydrogens is 292 g/mol. The zero-order chi connectivity index (χ0) is 15.6. The van der Waals surface area contributed by atoms with Crippen molar-refractivity contribution in [1.29, 1.82) is 0 Å². The summed E-state index contributed by atoms with van der Waals surface area (Å²) in [6.07, 6.45) is 0. The van der Waals surface area contributed by atoms with E-state index in [9.17, 15) is 0 Å². The molecule has 1 nitrogen and oxygen atoms in total. The van der Waals surface area contributed by atoms with Crippen LogP contribution in [0.3, 0.4) is 0 Å². The fraction of sp³-hybridized carbons (Fsp3) is 0.333. The smallest absolute Gasteiger partial charge is 0.0462 e. The highest BCUT2D eigenvalue weighted by atomic mass is 31.1. The molecule has 1 N–H and O–H groups in total. The Hall–Kier alpha value is -0.900. The maximum Gasteiger partial charge on any atom is 0.0462 e. The molecular formula is C18H25NP2. The van der Waals surface area contributed by atoms with Crippen molar-refractivity contribution in [3.8, 4) is 0 Å². The van der Waals surface area contributed by atoms with Gasteiger partial charge < -0.3 is 5.32 Å². The van der Waals surface area contributed by atoms with Crippen LogP contribution in [0.2, 0.25) is 0 Å². The molecule has 2 aromatic rings. The van der Waals surface area contributed by atoms with E-state index in [1.165, 1.54) is 33.1 Å². The summed E-state index contributed by atoms with van der Waals surface area (Å²) in [6, 6.07) is 13.5. The van der Waals surface area contributed by atoms with Crippen molar-refractivity contribution in [1.82, 2.24) is 0 Å². The summed E-state index contributed by atoms with van der Waals surface area (Å²) >= 11 is 0. The zero-order valence-electron chi connectivity index (χ0n) is 13.9. The highest BCUT2D eigenvalue weighted by Crippen LogP contribution is 2.33. The molecule has 0 amide bonds. The average Bonchev–Trinajstić information content (AvgIpc) is 2.42. The monoisotopic (exact) mass is 317 g/mol. The number of anilines is 2. The minimum absolute atomic E-state index is 0.117. The minimum atomic E-state index is -0.117. The standard InChI is InChI=1S/C18H25NP2/c1-13-7-9-15(17(11-13)20(3)4)19-16-10-8-14(2)12-18(16)21(5)6/h7-12,19H,1-6H3. The molecule has 0 bridgehead atoms. The second-order valence-corrected chi connectivity index (χ2v) is 10.5. The molecule has 0 aliphatic heterocycles. The van der Waals surface area contributed by atoms with Gasteiger partial charge in [0.2, 0.25) is 0 Å². The van der Waals surface area contributed by atoms with Crippen molar-refractivity contribution in [2.45, 2.75) is 13.8 Å². The quantitative estimate of drug-likeness (QED) is 0.800. The number of hydrogen-bond acceptors (Lipinski definition) is 1. The van der Waals surface area contributed by atoms with Gasteiger partial charge in [-0.2, -0.15) is 0 Å². The molecule has 0 atom stereocenters. The second kappa shape index (κ2) is 6.91. The summed E-state index contributed by atoms with van der Waals surface area (Å²) in [7, 11) is -0.234. The van der Waals surface area contributed by atoms with Gasteiger partial charge in [0.05, 0.1) is 0 Å². The van der Waals surface area contributed by atoms with Crippen LogP contribution >= 0.6 is 15.8 Å². The molecule has 0 spiro atoms. The van der Waals surface area contributed by atoms with E-state index in [4.69, 9.17) is 0 Å². The van der Waals surface area contributed by atoms with Crippen molar-refractivity contribution in [2.24, 2.45) is 0 Å². The first-order valence-electron chi connectivity index (χ1n) is 7.21. The largest absolute Gasteiger partial charge is 0.354 e. The topological polar surface area (TPSA) is 12.0 Å². The van der Waals surface area contributed by atoms with E-state index < -0.39 is 0 Å². The van der Waals surface area contributed by atoms with Gasteiger partial charge in [0.1, 0.15) is 0 Å². The molecule has 21 heavy (non-hydrogen) atoms. The molecule has 0 heterocycles. The Morgan fingerprint density at radius 1 is 0.667 bits per heavy atom. The van der Waals surface area contributed by atoms with E-state index in [1.54, 1.807) is 0 Å². The van der Waals surface area contributed by atoms with Gasteiger partial charge in [-0.1, -0.05) is 39.1 Å². The summed E-state index contributed by atoms with van der Waals surface area (Å²) in [6.45, 7) is 13.6. The Balaban J connectivity index is 2.43. The highest BCUT2D eigenvalue weighted by Gasteiger charge is 2.11. The van der Waals surface area contributed by atoms with E-state index in [1.807, 2.05) is 0 Å². The minimum Gasteiger partial charge on any atom is -0.354 e. The van der Waals surface area contributed by atoms with Gasteiger partial charge >= 0.3 is 0 Å². The van der Waals surface area contributed by atoms with E-state index in [0.29, 0.717) is 0 Å². The highest BCUT2D eigenvalue weighted by molar-refractivity contribution is 7.64. The van der Waals surface area contributed by atoms with Gasteiger partial charge in [0, 0.05) is 11.4 Å². The first-order valence-corrected chi connectivity index (χ1v) is 11.7. The van der Waals surface area contributed by atoms with E-state index >= 15 is 0 Å². The molecule has 0 aliphatic rings. The molecule has 0 unspecified atom stereocenters. The molecule has 0 fully saturated rings. The Morgan fingerprint density at radius 3 is 1.38 bits per heavy atom. The van der Waals surface area contributed by atoms with Crippen molar-refractivity contribution in [3.05, 3.63) is 47.5 Å². The summed E-state index contributed by atoms with van der Waals surface area (Å²) < 4.78 is 0. The summed E-state index contributed by atoms with van der Waals surface area (Å²) in [4.78, 5) is 0. The average molecular weight is 317 g/mol. The first kappa shape index (κ1) is 16.5. The van der Waals surface area contributed by atoms with Gasteiger partial charge in [-0.15, -0.1) is 0 Å². The Bertz CT molecular complexity index is 578. The van der Waals surface area contributed by atoms with E-state index in [2.05, 4.69) is 82.2 Å². The molecule has 2 rings (SSSR count). The molecule has 0 saturated carbocycles. The van der Waals surface area contributed by atoms with Crippen LogP contribution in [0.5, 0.6) is 0 Å². The van der Waals surface area contributed by atoms with Gasteiger partial charge in [-0.3, -0.25) is 0 Å². The molecule has 0 radical (unpaired) electrons. The molecule has 3 heteroatoms. The van der Waals surface area contributed by atoms with Crippen molar-refractivity contribution in [2.75, 3.05) is 32.0 Å². The van der Waals surface area contributed by atoms with Crippen LogP contribution in [-0.2, 0) is 0 Å². The lowest BCUT2D eigenvalue weighted by Crippen LogP contribution is -2.13. The molecule has 0 aromatic heterocycles. The maximum absolute atomic E-state index is 3.69. The van der Waals surface area contributed by atoms with Crippen LogP contribution in [-0.4, -0.2) is 26.7 Å². The lowest BCUT2D eigenvalue weighted by molar-refractivity contribution is 1.46. The molecule has 0 saturated heterocycles. The number of rotatable bonds is 4. The van der Waals surface area contributed by atoms with Crippen LogP contribution in [0.1, 0.15) is 11.1 Å². The third-order valence-electron chi connectivity index (χ3n) is 3.54. The van der Waals surface area contributed by atoms with Crippen LogP contribution < -0.4 is 15.9 Å². The summed E-state index contributed by atoms with van der Waals surface area (Å²) in [5.74, 6) is 0. The second-order valence-electron chi connectivity index (χ2n) is 5.96. The normalized spacial score (nSPS) is 11.2. The lowest BCUT2D eigenvalue weighted by Gasteiger charge is -2.20. The predicted octanol–water partition coefficient (Wildman–Crippen LogP) is 4.78. The van der Waals surface area contributed by atoms with Crippen molar-refractivity contribution in [3.63, 3.8) is 0 Å². The van der Waals surface area contributed by atoms with Gasteiger partial charge in [0.15, 0.2) is 0 Å². The van der Waals surface area contributed by atoms with Gasteiger partial charge in [0.25, 0.3) is 0 Å². The fourth-order valence-electron chi connectivity index (χ4n) is 2.38. The number of hydrogen-bond donors (Lipinski definition) is 1. The van der Waals surface area contributed by atoms with Crippen LogP contribution in [0.4, 0.5) is 11.4 Å². The van der Waals surface area contributed by atoms with Crippen molar-refractivity contribution >= 4 is 37.8 Å². The van der Waals surface area contributed by atoms with Crippen LogP contribution in [0.15, 0.2) is 36.4 Å². The van der Waals surface area contributed by atoms with Gasteiger partial charge in [-0.05, 0) is 75.4 Å². The number of aryl methyl sites for hydroxylation is 2. The Labute approximate surface area is 131 Å². The summed E-state index contributed by atoms with van der Waals surface area (Å²) in [5.41, 5.74) is 5.20. The lowest BCUT2D eigenvalue weighted by atomic mass is 10.2. The third kappa shape index (κ3) is 4.06. The van der Waals surface area contributed by atoms with Gasteiger partial charge in [-0.25, -0.2) is 0 Å². The molecule has 112 valence electrons. The zero-order valence-corrected chi connectivity index (χ0v) is 15.6. The molecule has 2 aromatic carbocycles. The predicted molar refractivity (Wildman–Crippen MR) is 102 cm³/mol. The SMILES string of the molecule is Cc1ccc(Nc2ccc(C)cc2P(C)C)c(P(C)C)c1. The Morgan fingerprint density at radius 2 is 1.05 bits per heavy atom. The number of benzene rings is 2. The number of nitrogens with one attached hydrogen (secondary N) is 1. The van der Waals surface area contributed by atoms with Crippen LogP contribution in [0, 0.1) is 13.8 Å². The first-order chi connectivity index (χ1) is 9.88. The van der Waals surface area contributed by atoms with Crippen LogP contribution in [0.25, 0.3) is 0 Å². The van der Waals surface area contributed by atoms with E-state index in [0.717, 1.165) is 0 Å². The fourth-order valence-corrected chi connectivity index (χ4v) is 4.53. The third-order valence-corrected chi connectivity index (χ3v) is 6.21. The maximum atomic E-state index is 3.69. The molecule has 0 aliphatic carbocycles. The van der Waals surface area contributed by atoms with Crippen molar-refractivity contribution < 1.29 is 0 Å². The van der Waals surface area contributed by atoms with E-state index in [-0.39, 0.29) is 15.8 Å². The summed E-state index contributed by atoms with van der Waals surface area (Å²) in [5, 5.41) is 6.59. The Kier molecular flexibility index (Phi) is 5.42.